The minimum Gasteiger partial charge on any atom is -0.334 e. The largest absolute Gasteiger partial charge is 0.334 e. The van der Waals surface area contributed by atoms with E-state index in [0.29, 0.717) is 24.6 Å². The van der Waals surface area contributed by atoms with Crippen LogP contribution in [0.25, 0.3) is 11.5 Å². The number of nitrogens with one attached hydrogen (secondary N) is 1. The van der Waals surface area contributed by atoms with Gasteiger partial charge in [-0.2, -0.15) is 4.98 Å². The monoisotopic (exact) mass is 326 g/mol. The molecule has 2 fully saturated rings. The number of aryl methyl sites for hydroxylation is 1. The molecule has 1 N–H and O–H groups in total. The van der Waals surface area contributed by atoms with Crippen molar-refractivity contribution < 1.29 is 14.1 Å². The molecule has 1 saturated heterocycles. The summed E-state index contributed by atoms with van der Waals surface area (Å²) < 4.78 is 5.27. The summed E-state index contributed by atoms with van der Waals surface area (Å²) in [5.41, 5.74) is 1.20. The van der Waals surface area contributed by atoms with Gasteiger partial charge in [0, 0.05) is 5.56 Å². The van der Waals surface area contributed by atoms with E-state index in [4.69, 9.17) is 4.52 Å². The maximum atomic E-state index is 12.6. The van der Waals surface area contributed by atoms with Crippen LogP contribution < -0.4 is 5.32 Å². The number of rotatable bonds is 3. The molecule has 1 spiro atoms. The molecule has 4 rings (SSSR count). The van der Waals surface area contributed by atoms with Crippen molar-refractivity contribution in [3.63, 3.8) is 0 Å². The lowest BCUT2D eigenvalue weighted by Crippen LogP contribution is -2.44. The van der Waals surface area contributed by atoms with E-state index in [0.717, 1.165) is 24.0 Å². The van der Waals surface area contributed by atoms with Crippen LogP contribution in [0.1, 0.15) is 37.1 Å². The topological polar surface area (TPSA) is 88.3 Å². The molecule has 0 atom stereocenters. The van der Waals surface area contributed by atoms with Crippen molar-refractivity contribution in [2.24, 2.45) is 0 Å². The molecule has 1 aliphatic carbocycles. The van der Waals surface area contributed by atoms with E-state index >= 15 is 0 Å². The molecule has 7 nitrogen and oxygen atoms in total. The van der Waals surface area contributed by atoms with Crippen LogP contribution in [-0.4, -0.2) is 32.5 Å². The van der Waals surface area contributed by atoms with Gasteiger partial charge in [-0.15, -0.1) is 0 Å². The van der Waals surface area contributed by atoms with E-state index in [2.05, 4.69) is 15.5 Å². The molecule has 1 aromatic heterocycles. The van der Waals surface area contributed by atoms with Crippen molar-refractivity contribution in [2.75, 3.05) is 0 Å². The Kier molecular flexibility index (Phi) is 3.37. The lowest BCUT2D eigenvalue weighted by molar-refractivity contribution is -0.131. The molecule has 0 bridgehead atoms. The number of carbonyl (C=O) groups is 2. The maximum absolute atomic E-state index is 12.6. The Morgan fingerprint density at radius 2 is 2.08 bits per heavy atom. The number of hydrogen-bond acceptors (Lipinski definition) is 5. The van der Waals surface area contributed by atoms with Gasteiger partial charge in [0.25, 0.3) is 11.8 Å². The minimum absolute atomic E-state index is 0.0295. The first-order valence-corrected chi connectivity index (χ1v) is 8.11. The second kappa shape index (κ2) is 5.43. The molecule has 0 radical (unpaired) electrons. The van der Waals surface area contributed by atoms with Crippen LogP contribution in [0, 0.1) is 6.92 Å². The van der Waals surface area contributed by atoms with Crippen LogP contribution in [0.5, 0.6) is 0 Å². The van der Waals surface area contributed by atoms with Gasteiger partial charge in [0.15, 0.2) is 5.82 Å². The van der Waals surface area contributed by atoms with E-state index in [1.54, 1.807) is 0 Å². The Balaban J connectivity index is 1.54. The molecule has 3 amide bonds. The second-order valence-electron chi connectivity index (χ2n) is 6.50. The van der Waals surface area contributed by atoms with Crippen molar-refractivity contribution in [3.8, 4) is 11.5 Å². The number of benzene rings is 1. The number of urea groups is 1. The predicted molar refractivity (Wildman–Crippen MR) is 84.8 cm³/mol. The number of imide groups is 1. The Labute approximate surface area is 139 Å². The van der Waals surface area contributed by atoms with Gasteiger partial charge in [0.2, 0.25) is 0 Å². The molecule has 1 saturated carbocycles. The second-order valence-corrected chi connectivity index (χ2v) is 6.50. The summed E-state index contributed by atoms with van der Waals surface area (Å²) in [5.74, 6) is 0.535. The van der Waals surface area contributed by atoms with E-state index in [-0.39, 0.29) is 18.5 Å². The van der Waals surface area contributed by atoms with Gasteiger partial charge in [-0.25, -0.2) is 4.79 Å². The van der Waals surface area contributed by atoms with Gasteiger partial charge in [-0.05, 0) is 31.9 Å². The molecular weight excluding hydrogens is 308 g/mol. The number of carbonyl (C=O) groups excluding carboxylic acids is 2. The van der Waals surface area contributed by atoms with Crippen LogP contribution in [0.3, 0.4) is 0 Å². The van der Waals surface area contributed by atoms with Crippen LogP contribution in [-0.2, 0) is 11.3 Å². The van der Waals surface area contributed by atoms with Crippen molar-refractivity contribution in [3.05, 3.63) is 35.7 Å². The van der Waals surface area contributed by atoms with Crippen LogP contribution in [0.2, 0.25) is 0 Å². The zero-order valence-electron chi connectivity index (χ0n) is 13.4. The highest BCUT2D eigenvalue weighted by molar-refractivity contribution is 6.07. The number of nitrogens with zero attached hydrogens (tertiary/aromatic N) is 3. The molecule has 2 aliphatic rings. The summed E-state index contributed by atoms with van der Waals surface area (Å²) in [4.78, 5) is 30.3. The summed E-state index contributed by atoms with van der Waals surface area (Å²) >= 11 is 0. The van der Waals surface area contributed by atoms with Gasteiger partial charge in [0.1, 0.15) is 5.54 Å². The normalized spacial score (nSPS) is 19.3. The molecule has 1 aromatic carbocycles. The Morgan fingerprint density at radius 3 is 2.83 bits per heavy atom. The standard InChI is InChI=1S/C17H18N4O3/c1-11-5-4-6-12(9-11)14-18-13(20-24-14)10-21-15(22)17(19-16(21)23)7-2-3-8-17/h4-6,9H,2-3,7-8,10H2,1H3,(H,19,23). The van der Waals surface area contributed by atoms with Gasteiger partial charge in [-0.1, -0.05) is 35.7 Å². The van der Waals surface area contributed by atoms with Crippen LogP contribution >= 0.6 is 0 Å². The first kappa shape index (κ1) is 14.9. The molecular formula is C17H18N4O3. The van der Waals surface area contributed by atoms with Gasteiger partial charge in [0.05, 0.1) is 6.54 Å². The van der Waals surface area contributed by atoms with Gasteiger partial charge < -0.3 is 9.84 Å². The lowest BCUT2D eigenvalue weighted by atomic mass is 9.98. The zero-order chi connectivity index (χ0) is 16.7. The van der Waals surface area contributed by atoms with Crippen molar-refractivity contribution in [1.29, 1.82) is 0 Å². The lowest BCUT2D eigenvalue weighted by Gasteiger charge is -2.19. The molecule has 24 heavy (non-hydrogen) atoms. The number of hydrogen-bond donors (Lipinski definition) is 1. The van der Waals surface area contributed by atoms with Gasteiger partial charge >= 0.3 is 6.03 Å². The summed E-state index contributed by atoms with van der Waals surface area (Å²) in [6.45, 7) is 2.01. The summed E-state index contributed by atoms with van der Waals surface area (Å²) in [6, 6.07) is 7.35. The minimum atomic E-state index is -0.708. The summed E-state index contributed by atoms with van der Waals surface area (Å²) in [5, 5.41) is 6.76. The van der Waals surface area contributed by atoms with Crippen LogP contribution in [0.4, 0.5) is 4.79 Å². The zero-order valence-corrected chi connectivity index (χ0v) is 13.4. The Morgan fingerprint density at radius 1 is 1.29 bits per heavy atom. The third kappa shape index (κ3) is 2.36. The fourth-order valence-electron chi connectivity index (χ4n) is 3.49. The fraction of sp³-hybridized carbons (Fsp3) is 0.412. The van der Waals surface area contributed by atoms with Crippen molar-refractivity contribution >= 4 is 11.9 Å². The first-order valence-electron chi connectivity index (χ1n) is 8.11. The predicted octanol–water partition coefficient (Wildman–Crippen LogP) is 2.41. The third-order valence-corrected chi connectivity index (χ3v) is 4.74. The highest BCUT2D eigenvalue weighted by Crippen LogP contribution is 2.35. The molecule has 2 aromatic rings. The quantitative estimate of drug-likeness (QED) is 0.875. The van der Waals surface area contributed by atoms with E-state index in [1.807, 2.05) is 31.2 Å². The molecule has 0 unspecified atom stereocenters. The van der Waals surface area contributed by atoms with Gasteiger partial charge in [-0.3, -0.25) is 9.69 Å². The number of aromatic nitrogens is 2. The summed E-state index contributed by atoms with van der Waals surface area (Å²) in [7, 11) is 0. The number of amides is 3. The highest BCUT2D eigenvalue weighted by Gasteiger charge is 2.52. The van der Waals surface area contributed by atoms with E-state index < -0.39 is 5.54 Å². The van der Waals surface area contributed by atoms with Crippen LogP contribution in [0.15, 0.2) is 28.8 Å². The van der Waals surface area contributed by atoms with Crippen molar-refractivity contribution in [1.82, 2.24) is 20.4 Å². The smallest absolute Gasteiger partial charge is 0.325 e. The molecule has 7 heteroatoms. The Hall–Kier alpha value is -2.70. The summed E-state index contributed by atoms with van der Waals surface area (Å²) in [6.07, 6.45) is 3.32. The average molecular weight is 326 g/mol. The average Bonchev–Trinajstić information content (AvgIpc) is 3.26. The molecule has 1 aliphatic heterocycles. The van der Waals surface area contributed by atoms with E-state index in [1.165, 1.54) is 4.90 Å². The Bertz CT molecular complexity index is 808. The van der Waals surface area contributed by atoms with E-state index in [9.17, 15) is 9.59 Å². The highest BCUT2D eigenvalue weighted by atomic mass is 16.5. The molecule has 2 heterocycles. The van der Waals surface area contributed by atoms with Crippen molar-refractivity contribution in [2.45, 2.75) is 44.7 Å². The third-order valence-electron chi connectivity index (χ3n) is 4.74. The maximum Gasteiger partial charge on any atom is 0.325 e. The SMILES string of the molecule is Cc1cccc(-c2nc(CN3C(=O)NC4(CCCC4)C3=O)no2)c1. The fourth-order valence-corrected chi connectivity index (χ4v) is 3.49. The molecule has 124 valence electrons. The first-order chi connectivity index (χ1) is 11.6.